The molecule has 0 saturated carbocycles. The van der Waals surface area contributed by atoms with E-state index in [4.69, 9.17) is 0 Å². The van der Waals surface area contributed by atoms with Crippen LogP contribution >= 0.6 is 0 Å². The molecule has 0 unspecified atom stereocenters. The molecular weight excluding hydrogens is 158 g/mol. The lowest BCUT2D eigenvalue weighted by Crippen LogP contribution is -2.36. The van der Waals surface area contributed by atoms with Gasteiger partial charge in [-0.1, -0.05) is 0 Å². The summed E-state index contributed by atoms with van der Waals surface area (Å²) in [5, 5.41) is 2.64. The smallest absolute Gasteiger partial charge is 0.327 e. The fraction of sp³-hybridized carbons (Fsp3) is 0.286. The van der Waals surface area contributed by atoms with E-state index >= 15 is 0 Å². The van der Waals surface area contributed by atoms with Gasteiger partial charge >= 0.3 is 6.03 Å². The Hall–Kier alpha value is -1.65. The predicted octanol–water partition coefficient (Wildman–Crippen LogP) is -0.191. The van der Waals surface area contributed by atoms with Crippen LogP contribution in [0.3, 0.4) is 0 Å². The number of aromatic nitrogens is 2. The van der Waals surface area contributed by atoms with Gasteiger partial charge in [-0.3, -0.25) is 9.36 Å². The van der Waals surface area contributed by atoms with E-state index in [1.165, 1.54) is 10.9 Å². The van der Waals surface area contributed by atoms with Gasteiger partial charge in [0, 0.05) is 13.0 Å². The van der Waals surface area contributed by atoms with Gasteiger partial charge in [0.2, 0.25) is 0 Å². The van der Waals surface area contributed by atoms with Crippen molar-refractivity contribution in [3.8, 4) is 0 Å². The highest BCUT2D eigenvalue weighted by Gasteiger charge is 2.19. The molecule has 0 bridgehead atoms. The third-order valence-electron chi connectivity index (χ3n) is 1.87. The third kappa shape index (κ3) is 0.827. The van der Waals surface area contributed by atoms with Crippen LogP contribution in [0.25, 0.3) is 0 Å². The second kappa shape index (κ2) is 2.44. The van der Waals surface area contributed by atoms with Gasteiger partial charge < -0.3 is 5.32 Å². The molecule has 0 saturated heterocycles. The summed E-state index contributed by atoms with van der Waals surface area (Å²) < 4.78 is 1.37. The van der Waals surface area contributed by atoms with Crippen LogP contribution < -0.4 is 5.32 Å². The van der Waals surface area contributed by atoms with Crippen molar-refractivity contribution in [1.29, 1.82) is 0 Å². The van der Waals surface area contributed by atoms with E-state index in [0.29, 0.717) is 30.6 Å². The fourth-order valence-electron chi connectivity index (χ4n) is 1.28. The normalized spacial score (nSPS) is 15.2. The van der Waals surface area contributed by atoms with Crippen LogP contribution in [0.1, 0.15) is 16.2 Å². The standard InChI is InChI=1S/C7H7N3O2/c11-3-5-6-1-2-8-7(12)10(6)4-9-5/h3-4H,1-2H2,(H,8,12). The van der Waals surface area contributed by atoms with Crippen LogP contribution in [0.4, 0.5) is 4.79 Å². The second-order valence-corrected chi connectivity index (χ2v) is 2.55. The lowest BCUT2D eigenvalue weighted by molar-refractivity contribution is 0.111. The summed E-state index contributed by atoms with van der Waals surface area (Å²) in [6.07, 6.45) is 2.71. The van der Waals surface area contributed by atoms with Gasteiger partial charge in [0.25, 0.3) is 0 Å². The summed E-state index contributed by atoms with van der Waals surface area (Å²) >= 11 is 0. The number of nitrogens with one attached hydrogen (secondary N) is 1. The molecule has 62 valence electrons. The molecule has 5 nitrogen and oxygen atoms in total. The molecule has 1 aromatic rings. The minimum atomic E-state index is -0.211. The summed E-state index contributed by atoms with van der Waals surface area (Å²) in [6.45, 7) is 0.575. The Bertz CT molecular complexity index is 342. The van der Waals surface area contributed by atoms with Crippen molar-refractivity contribution in [2.45, 2.75) is 6.42 Å². The number of carbonyl (C=O) groups excluding carboxylic acids is 2. The van der Waals surface area contributed by atoms with Gasteiger partial charge in [-0.25, -0.2) is 9.78 Å². The number of nitrogens with zero attached hydrogens (tertiary/aromatic N) is 2. The lowest BCUT2D eigenvalue weighted by atomic mass is 10.2. The summed E-state index contributed by atoms with van der Waals surface area (Å²) in [7, 11) is 0. The van der Waals surface area contributed by atoms with E-state index in [2.05, 4.69) is 10.3 Å². The van der Waals surface area contributed by atoms with Gasteiger partial charge in [0.1, 0.15) is 12.0 Å². The van der Waals surface area contributed by atoms with Crippen molar-refractivity contribution in [3.05, 3.63) is 17.7 Å². The quantitative estimate of drug-likeness (QED) is 0.586. The number of rotatable bonds is 1. The van der Waals surface area contributed by atoms with Crippen molar-refractivity contribution in [2.75, 3.05) is 6.54 Å². The Kier molecular flexibility index (Phi) is 1.43. The molecule has 0 radical (unpaired) electrons. The lowest BCUT2D eigenvalue weighted by Gasteiger charge is -2.14. The fourth-order valence-corrected chi connectivity index (χ4v) is 1.28. The van der Waals surface area contributed by atoms with Crippen molar-refractivity contribution < 1.29 is 9.59 Å². The van der Waals surface area contributed by atoms with Crippen molar-refractivity contribution in [3.63, 3.8) is 0 Å². The molecule has 2 rings (SSSR count). The molecule has 12 heavy (non-hydrogen) atoms. The number of hydrogen-bond donors (Lipinski definition) is 1. The second-order valence-electron chi connectivity index (χ2n) is 2.55. The minimum Gasteiger partial charge on any atom is -0.337 e. The maximum absolute atomic E-state index is 11.1. The van der Waals surface area contributed by atoms with Gasteiger partial charge in [-0.15, -0.1) is 0 Å². The monoisotopic (exact) mass is 165 g/mol. The number of fused-ring (bicyclic) bond motifs is 1. The Morgan fingerprint density at radius 2 is 2.50 bits per heavy atom. The molecule has 0 aliphatic carbocycles. The molecule has 1 N–H and O–H groups in total. The first-order valence-corrected chi connectivity index (χ1v) is 3.62. The van der Waals surface area contributed by atoms with E-state index in [1.54, 1.807) is 0 Å². The average Bonchev–Trinajstić information content (AvgIpc) is 2.49. The summed E-state index contributed by atoms with van der Waals surface area (Å²) in [4.78, 5) is 25.4. The molecule has 0 atom stereocenters. The van der Waals surface area contributed by atoms with Crippen LogP contribution in [-0.4, -0.2) is 28.4 Å². The molecular formula is C7H7N3O2. The first-order valence-electron chi connectivity index (χ1n) is 3.62. The van der Waals surface area contributed by atoms with E-state index in [0.717, 1.165) is 0 Å². The van der Waals surface area contributed by atoms with Gasteiger partial charge in [0.05, 0.1) is 5.69 Å². The highest BCUT2D eigenvalue weighted by Crippen LogP contribution is 2.08. The van der Waals surface area contributed by atoms with Gasteiger partial charge in [-0.2, -0.15) is 0 Å². The van der Waals surface area contributed by atoms with Crippen LogP contribution in [-0.2, 0) is 6.42 Å². The average molecular weight is 165 g/mol. The molecule has 1 aliphatic rings. The summed E-state index contributed by atoms with van der Waals surface area (Å²) in [5.41, 5.74) is 1.07. The SMILES string of the molecule is O=Cc1ncn2c1CCNC2=O. The Morgan fingerprint density at radius 3 is 3.25 bits per heavy atom. The minimum absolute atomic E-state index is 0.211. The van der Waals surface area contributed by atoms with Crippen LogP contribution in [0.2, 0.25) is 0 Å². The van der Waals surface area contributed by atoms with Crippen molar-refractivity contribution in [2.24, 2.45) is 0 Å². The van der Waals surface area contributed by atoms with E-state index in [1.807, 2.05) is 0 Å². The van der Waals surface area contributed by atoms with Gasteiger partial charge in [-0.05, 0) is 0 Å². The zero-order valence-corrected chi connectivity index (χ0v) is 6.28. The molecule has 1 amide bonds. The largest absolute Gasteiger partial charge is 0.337 e. The highest BCUT2D eigenvalue weighted by molar-refractivity contribution is 5.82. The van der Waals surface area contributed by atoms with E-state index in [-0.39, 0.29) is 6.03 Å². The topological polar surface area (TPSA) is 64.0 Å². The Labute approximate surface area is 68.4 Å². The number of imidazole rings is 1. The van der Waals surface area contributed by atoms with Crippen LogP contribution in [0.5, 0.6) is 0 Å². The molecule has 5 heteroatoms. The Balaban J connectivity index is 2.54. The molecule has 1 aromatic heterocycles. The first kappa shape index (κ1) is 7.02. The van der Waals surface area contributed by atoms with Crippen LogP contribution in [0.15, 0.2) is 6.33 Å². The molecule has 1 aliphatic heterocycles. The molecule has 0 spiro atoms. The van der Waals surface area contributed by atoms with Crippen molar-refractivity contribution in [1.82, 2.24) is 14.9 Å². The summed E-state index contributed by atoms with van der Waals surface area (Å²) in [5.74, 6) is 0. The van der Waals surface area contributed by atoms with Gasteiger partial charge in [0.15, 0.2) is 6.29 Å². The maximum Gasteiger partial charge on any atom is 0.327 e. The van der Waals surface area contributed by atoms with E-state index in [9.17, 15) is 9.59 Å². The number of aldehydes is 1. The predicted molar refractivity (Wildman–Crippen MR) is 40.1 cm³/mol. The molecule has 0 aromatic carbocycles. The first-order chi connectivity index (χ1) is 5.83. The Morgan fingerprint density at radius 1 is 1.67 bits per heavy atom. The molecule has 2 heterocycles. The van der Waals surface area contributed by atoms with Crippen molar-refractivity contribution >= 4 is 12.3 Å². The highest BCUT2D eigenvalue weighted by atomic mass is 16.2. The summed E-state index contributed by atoms with van der Waals surface area (Å²) in [6, 6.07) is -0.211. The zero-order valence-electron chi connectivity index (χ0n) is 6.28. The number of amides is 1. The van der Waals surface area contributed by atoms with Crippen LogP contribution in [0, 0.1) is 0 Å². The van der Waals surface area contributed by atoms with E-state index < -0.39 is 0 Å². The molecule has 0 fully saturated rings. The zero-order chi connectivity index (χ0) is 8.55. The maximum atomic E-state index is 11.1. The number of hydrogen-bond acceptors (Lipinski definition) is 3. The number of carbonyl (C=O) groups is 2. The third-order valence-corrected chi connectivity index (χ3v) is 1.87.